The molecule has 0 aliphatic carbocycles. The zero-order valence-electron chi connectivity index (χ0n) is 15.0. The largest absolute Gasteiger partial charge is 0.465 e. The van der Waals surface area contributed by atoms with Crippen molar-refractivity contribution >= 4 is 57.5 Å². The van der Waals surface area contributed by atoms with Gasteiger partial charge in [0.05, 0.1) is 17.2 Å². The van der Waals surface area contributed by atoms with E-state index in [2.05, 4.69) is 5.32 Å². The zero-order valence-corrected chi connectivity index (χ0v) is 17.4. The molecule has 0 aliphatic rings. The molecular formula is C21H14Cl2FNO3S. The topological polar surface area (TPSA) is 55.4 Å². The van der Waals surface area contributed by atoms with Gasteiger partial charge in [0.2, 0.25) is 5.91 Å². The number of rotatable bonds is 5. The maximum absolute atomic E-state index is 13.2. The maximum Gasteiger partial charge on any atom is 0.341 e. The summed E-state index contributed by atoms with van der Waals surface area (Å²) in [4.78, 5) is 24.6. The first-order valence-electron chi connectivity index (χ1n) is 8.29. The van der Waals surface area contributed by atoms with Crippen molar-refractivity contribution in [3.63, 3.8) is 0 Å². The van der Waals surface area contributed by atoms with Crippen LogP contribution in [-0.2, 0) is 9.53 Å². The lowest BCUT2D eigenvalue weighted by Gasteiger charge is -2.06. The minimum absolute atomic E-state index is 0.209. The van der Waals surface area contributed by atoms with Crippen LogP contribution in [0, 0.1) is 5.82 Å². The Morgan fingerprint density at radius 2 is 1.83 bits per heavy atom. The van der Waals surface area contributed by atoms with Crippen LogP contribution >= 0.6 is 34.5 Å². The van der Waals surface area contributed by atoms with Crippen molar-refractivity contribution in [1.29, 1.82) is 0 Å². The summed E-state index contributed by atoms with van der Waals surface area (Å²) < 4.78 is 18.1. The Balaban J connectivity index is 1.85. The molecule has 8 heteroatoms. The molecule has 3 aromatic rings. The van der Waals surface area contributed by atoms with E-state index < -0.39 is 11.9 Å². The number of nitrogens with one attached hydrogen (secondary N) is 1. The number of halogens is 3. The fourth-order valence-electron chi connectivity index (χ4n) is 2.54. The summed E-state index contributed by atoms with van der Waals surface area (Å²) >= 11 is 13.0. The van der Waals surface area contributed by atoms with Crippen molar-refractivity contribution in [3.05, 3.63) is 80.9 Å². The molecule has 0 fully saturated rings. The minimum Gasteiger partial charge on any atom is -0.465 e. The number of methoxy groups -OCH3 is 1. The molecule has 0 saturated carbocycles. The fourth-order valence-corrected chi connectivity index (χ4v) is 3.80. The van der Waals surface area contributed by atoms with Crippen molar-refractivity contribution < 1.29 is 18.7 Å². The summed E-state index contributed by atoms with van der Waals surface area (Å²) in [6, 6.07) is 10.7. The number of ether oxygens (including phenoxy) is 1. The minimum atomic E-state index is -0.602. The third-order valence-corrected chi connectivity index (χ3v) is 5.58. The third kappa shape index (κ3) is 5.03. The molecule has 2 aromatic carbocycles. The summed E-state index contributed by atoms with van der Waals surface area (Å²) in [5, 5.41) is 5.52. The number of benzene rings is 2. The summed E-state index contributed by atoms with van der Waals surface area (Å²) in [5.41, 5.74) is 2.09. The number of carbonyl (C=O) groups is 2. The molecule has 0 atom stereocenters. The van der Waals surface area contributed by atoms with Crippen molar-refractivity contribution in [2.24, 2.45) is 0 Å². The highest BCUT2D eigenvalue weighted by Gasteiger charge is 2.22. The van der Waals surface area contributed by atoms with Crippen LogP contribution in [0.15, 0.2) is 53.9 Å². The molecule has 0 aliphatic heterocycles. The van der Waals surface area contributed by atoms with Crippen LogP contribution in [0.1, 0.15) is 15.9 Å². The number of amides is 1. The van der Waals surface area contributed by atoms with Gasteiger partial charge in [0.15, 0.2) is 0 Å². The Morgan fingerprint density at radius 3 is 2.48 bits per heavy atom. The van der Waals surface area contributed by atoms with E-state index in [9.17, 15) is 14.0 Å². The number of anilines is 1. The van der Waals surface area contributed by atoms with Gasteiger partial charge >= 0.3 is 5.97 Å². The molecule has 0 bridgehead atoms. The first-order valence-corrected chi connectivity index (χ1v) is 9.92. The SMILES string of the molecule is COC(=O)c1c(-c2ccc(F)cc2)csc1NC(=O)/C=C/c1ccc(Cl)c(Cl)c1. The van der Waals surface area contributed by atoms with Gasteiger partial charge < -0.3 is 10.1 Å². The van der Waals surface area contributed by atoms with Crippen molar-refractivity contribution in [2.75, 3.05) is 12.4 Å². The zero-order chi connectivity index (χ0) is 21.0. The number of carbonyl (C=O) groups excluding carboxylic acids is 2. The predicted octanol–water partition coefficient (Wildman–Crippen LogP) is 6.30. The van der Waals surface area contributed by atoms with Gasteiger partial charge in [-0.1, -0.05) is 41.4 Å². The maximum atomic E-state index is 13.2. The van der Waals surface area contributed by atoms with E-state index in [-0.39, 0.29) is 11.4 Å². The fraction of sp³-hybridized carbons (Fsp3) is 0.0476. The third-order valence-electron chi connectivity index (χ3n) is 3.94. The average Bonchev–Trinajstić information content (AvgIpc) is 3.12. The van der Waals surface area contributed by atoms with Crippen LogP contribution in [0.4, 0.5) is 9.39 Å². The second-order valence-electron chi connectivity index (χ2n) is 5.85. The highest BCUT2D eigenvalue weighted by molar-refractivity contribution is 7.15. The average molecular weight is 450 g/mol. The molecule has 4 nitrogen and oxygen atoms in total. The van der Waals surface area contributed by atoms with Crippen LogP contribution in [0.5, 0.6) is 0 Å². The highest BCUT2D eigenvalue weighted by atomic mass is 35.5. The summed E-state index contributed by atoms with van der Waals surface area (Å²) in [7, 11) is 1.25. The van der Waals surface area contributed by atoms with E-state index in [1.54, 1.807) is 41.8 Å². The van der Waals surface area contributed by atoms with Crippen LogP contribution < -0.4 is 5.32 Å². The lowest BCUT2D eigenvalue weighted by Crippen LogP contribution is -2.11. The molecule has 1 amide bonds. The van der Waals surface area contributed by atoms with Gasteiger partial charge in [-0.25, -0.2) is 9.18 Å². The molecule has 0 radical (unpaired) electrons. The quantitative estimate of drug-likeness (QED) is 0.367. The summed E-state index contributed by atoms with van der Waals surface area (Å²) in [5.74, 6) is -1.42. The molecule has 1 aromatic heterocycles. The number of hydrogen-bond donors (Lipinski definition) is 1. The second kappa shape index (κ2) is 9.22. The van der Waals surface area contributed by atoms with Crippen LogP contribution in [-0.4, -0.2) is 19.0 Å². The van der Waals surface area contributed by atoms with E-state index in [1.807, 2.05) is 0 Å². The Bertz CT molecular complexity index is 1090. The molecule has 148 valence electrons. The molecule has 3 rings (SSSR count). The molecule has 1 N–H and O–H groups in total. The molecular weight excluding hydrogens is 436 g/mol. The van der Waals surface area contributed by atoms with Crippen molar-refractivity contribution in [2.45, 2.75) is 0 Å². The van der Waals surface area contributed by atoms with Crippen LogP contribution in [0.3, 0.4) is 0 Å². The smallest absolute Gasteiger partial charge is 0.341 e. The van der Waals surface area contributed by atoms with Crippen LogP contribution in [0.2, 0.25) is 10.0 Å². The van der Waals surface area contributed by atoms with Gasteiger partial charge in [0, 0.05) is 17.0 Å². The Hall–Kier alpha value is -2.67. The summed E-state index contributed by atoms with van der Waals surface area (Å²) in [6.07, 6.45) is 2.89. The second-order valence-corrected chi connectivity index (χ2v) is 7.54. The first kappa shape index (κ1) is 21.0. The van der Waals surface area contributed by atoms with E-state index >= 15 is 0 Å². The Kier molecular flexibility index (Phi) is 6.69. The molecule has 0 unspecified atom stereocenters. The van der Waals surface area contributed by atoms with Gasteiger partial charge in [0.25, 0.3) is 0 Å². The van der Waals surface area contributed by atoms with E-state index in [0.717, 1.165) is 0 Å². The molecule has 0 saturated heterocycles. The van der Waals surface area contributed by atoms with Crippen molar-refractivity contribution in [1.82, 2.24) is 0 Å². The molecule has 29 heavy (non-hydrogen) atoms. The lowest BCUT2D eigenvalue weighted by molar-refractivity contribution is -0.111. The van der Waals surface area contributed by atoms with Gasteiger partial charge in [-0.15, -0.1) is 11.3 Å². The number of esters is 1. The molecule has 0 spiro atoms. The highest BCUT2D eigenvalue weighted by Crippen LogP contribution is 2.36. The van der Waals surface area contributed by atoms with Crippen molar-refractivity contribution in [3.8, 4) is 11.1 Å². The van der Waals surface area contributed by atoms with Crippen LogP contribution in [0.25, 0.3) is 17.2 Å². The van der Waals surface area contributed by atoms with Gasteiger partial charge in [0.1, 0.15) is 16.4 Å². The molecule has 1 heterocycles. The lowest BCUT2D eigenvalue weighted by atomic mass is 10.0. The van der Waals surface area contributed by atoms with Gasteiger partial charge in [-0.05, 0) is 41.5 Å². The number of thiophene rings is 1. The normalized spacial score (nSPS) is 10.9. The number of hydrogen-bond acceptors (Lipinski definition) is 4. The Morgan fingerprint density at radius 1 is 1.10 bits per heavy atom. The predicted molar refractivity (Wildman–Crippen MR) is 115 cm³/mol. The monoisotopic (exact) mass is 449 g/mol. The van der Waals surface area contributed by atoms with E-state index in [4.69, 9.17) is 27.9 Å². The summed E-state index contributed by atoms with van der Waals surface area (Å²) in [6.45, 7) is 0. The standard InChI is InChI=1S/C21H14Cl2FNO3S/c1-28-21(27)19-15(13-4-6-14(24)7-5-13)11-29-20(19)25-18(26)9-3-12-2-8-16(22)17(23)10-12/h2-11H,1H3,(H,25,26)/b9-3+. The van der Waals surface area contributed by atoms with E-state index in [0.29, 0.717) is 31.7 Å². The van der Waals surface area contributed by atoms with Gasteiger partial charge in [-0.3, -0.25) is 4.79 Å². The first-order chi connectivity index (χ1) is 13.9. The Labute approximate surface area is 180 Å². The van der Waals surface area contributed by atoms with Gasteiger partial charge in [-0.2, -0.15) is 0 Å². The van der Waals surface area contributed by atoms with E-state index in [1.165, 1.54) is 36.7 Å².